The second-order valence-electron chi connectivity index (χ2n) is 5.72. The lowest BCUT2D eigenvalue weighted by molar-refractivity contribution is 0.304. The van der Waals surface area contributed by atoms with E-state index in [1.807, 2.05) is 12.3 Å². The number of hydrogen-bond donors (Lipinski definition) is 1. The maximum atomic E-state index is 4.41. The van der Waals surface area contributed by atoms with Gasteiger partial charge in [0.15, 0.2) is 0 Å². The highest BCUT2D eigenvalue weighted by Crippen LogP contribution is 2.34. The summed E-state index contributed by atoms with van der Waals surface area (Å²) >= 11 is 2.06. The summed E-state index contributed by atoms with van der Waals surface area (Å²) in [4.78, 5) is 4.41. The maximum Gasteiger partial charge on any atom is 0.0570 e. The molecule has 3 heteroatoms. The van der Waals surface area contributed by atoms with Crippen LogP contribution in [0.1, 0.15) is 38.9 Å². The molecule has 1 aromatic heterocycles. The Labute approximate surface area is 109 Å². The Morgan fingerprint density at radius 1 is 1.47 bits per heavy atom. The molecule has 0 saturated carbocycles. The zero-order chi connectivity index (χ0) is 12.3. The van der Waals surface area contributed by atoms with Gasteiger partial charge in [-0.25, -0.2) is 0 Å². The van der Waals surface area contributed by atoms with Gasteiger partial charge in [-0.15, -0.1) is 0 Å². The lowest BCUT2D eigenvalue weighted by atomic mass is 9.87. The van der Waals surface area contributed by atoms with Crippen LogP contribution < -0.4 is 5.32 Å². The molecule has 1 aliphatic heterocycles. The Bertz CT molecular complexity index is 350. The third-order valence-electron chi connectivity index (χ3n) is 3.23. The quantitative estimate of drug-likeness (QED) is 0.891. The Morgan fingerprint density at radius 3 is 2.94 bits per heavy atom. The van der Waals surface area contributed by atoms with Gasteiger partial charge in [0.1, 0.15) is 0 Å². The molecule has 2 nitrogen and oxygen atoms in total. The third kappa shape index (κ3) is 3.71. The van der Waals surface area contributed by atoms with E-state index < -0.39 is 0 Å². The van der Waals surface area contributed by atoms with Crippen LogP contribution in [0.2, 0.25) is 0 Å². The van der Waals surface area contributed by atoms with Gasteiger partial charge in [0.25, 0.3) is 0 Å². The summed E-state index contributed by atoms with van der Waals surface area (Å²) in [5.41, 5.74) is 1.60. The molecule has 1 aliphatic rings. The van der Waals surface area contributed by atoms with Crippen molar-refractivity contribution >= 4 is 11.8 Å². The van der Waals surface area contributed by atoms with Crippen LogP contribution in [0.3, 0.4) is 0 Å². The normalized spacial score (nSPS) is 25.5. The summed E-state index contributed by atoms with van der Waals surface area (Å²) in [7, 11) is 0. The average molecular weight is 250 g/mol. The lowest BCUT2D eigenvalue weighted by Crippen LogP contribution is -2.41. The van der Waals surface area contributed by atoms with Crippen LogP contribution in [0.25, 0.3) is 0 Å². The summed E-state index contributed by atoms with van der Waals surface area (Å²) in [6.45, 7) is 6.92. The molecule has 94 valence electrons. The van der Waals surface area contributed by atoms with Crippen LogP contribution in [0.5, 0.6) is 0 Å². The van der Waals surface area contributed by atoms with E-state index in [4.69, 9.17) is 0 Å². The Kier molecular flexibility index (Phi) is 4.10. The fraction of sp³-hybridized carbons (Fsp3) is 0.643. The Morgan fingerprint density at radius 2 is 2.29 bits per heavy atom. The number of aromatic nitrogens is 1. The summed E-state index contributed by atoms with van der Waals surface area (Å²) < 4.78 is 0. The van der Waals surface area contributed by atoms with Crippen molar-refractivity contribution in [1.29, 1.82) is 0 Å². The van der Waals surface area contributed by atoms with Crippen molar-refractivity contribution in [2.24, 2.45) is 5.41 Å². The van der Waals surface area contributed by atoms with Gasteiger partial charge in [-0.2, -0.15) is 11.8 Å². The molecule has 2 atom stereocenters. The zero-order valence-corrected chi connectivity index (χ0v) is 11.8. The molecule has 1 fully saturated rings. The molecular formula is C14H22N2S. The molecule has 0 aliphatic carbocycles. The van der Waals surface area contributed by atoms with Gasteiger partial charge < -0.3 is 5.32 Å². The maximum absolute atomic E-state index is 4.41. The van der Waals surface area contributed by atoms with Crippen molar-refractivity contribution in [3.05, 3.63) is 30.1 Å². The second kappa shape index (κ2) is 5.40. The molecule has 2 heterocycles. The first kappa shape index (κ1) is 12.9. The first-order valence-corrected chi connectivity index (χ1v) is 7.47. The van der Waals surface area contributed by atoms with E-state index in [-0.39, 0.29) is 0 Å². The molecule has 2 unspecified atom stereocenters. The predicted octanol–water partition coefficient (Wildman–Crippen LogP) is 3.26. The van der Waals surface area contributed by atoms with Crippen molar-refractivity contribution < 1.29 is 0 Å². The van der Waals surface area contributed by atoms with Crippen LogP contribution in [0.15, 0.2) is 24.4 Å². The van der Waals surface area contributed by atoms with E-state index in [1.165, 1.54) is 17.9 Å². The smallest absolute Gasteiger partial charge is 0.0570 e. The first-order chi connectivity index (χ1) is 8.07. The number of rotatable bonds is 3. The lowest BCUT2D eigenvalue weighted by Gasteiger charge is -2.36. The van der Waals surface area contributed by atoms with Crippen molar-refractivity contribution in [3.63, 3.8) is 0 Å². The molecule has 0 amide bonds. The Balaban J connectivity index is 1.93. The van der Waals surface area contributed by atoms with Crippen molar-refractivity contribution in [3.8, 4) is 0 Å². The Hall–Kier alpha value is -0.540. The van der Waals surface area contributed by atoms with Gasteiger partial charge in [-0.05, 0) is 36.6 Å². The van der Waals surface area contributed by atoms with E-state index in [2.05, 4.69) is 55.0 Å². The fourth-order valence-corrected chi connectivity index (χ4v) is 3.73. The summed E-state index contributed by atoms with van der Waals surface area (Å²) in [6.07, 6.45) is 3.13. The van der Waals surface area contributed by atoms with Crippen LogP contribution >= 0.6 is 11.8 Å². The first-order valence-electron chi connectivity index (χ1n) is 6.31. The number of hydrogen-bond acceptors (Lipinski definition) is 3. The fourth-order valence-electron chi connectivity index (χ4n) is 2.44. The zero-order valence-electron chi connectivity index (χ0n) is 10.9. The van der Waals surface area contributed by atoms with Crippen molar-refractivity contribution in [2.75, 3.05) is 11.5 Å². The highest BCUT2D eigenvalue weighted by atomic mass is 32.2. The average Bonchev–Trinajstić information content (AvgIpc) is 2.29. The van der Waals surface area contributed by atoms with E-state index in [0.29, 0.717) is 17.5 Å². The molecule has 1 aromatic rings. The number of thioether (sulfide) groups is 1. The minimum Gasteiger partial charge on any atom is -0.305 e. The second-order valence-corrected chi connectivity index (χ2v) is 6.75. The van der Waals surface area contributed by atoms with Gasteiger partial charge in [0, 0.05) is 24.0 Å². The molecule has 17 heavy (non-hydrogen) atoms. The van der Waals surface area contributed by atoms with Gasteiger partial charge in [-0.1, -0.05) is 19.9 Å². The van der Waals surface area contributed by atoms with Crippen LogP contribution in [0, 0.1) is 5.41 Å². The molecule has 0 aromatic carbocycles. The van der Waals surface area contributed by atoms with Gasteiger partial charge in [0.2, 0.25) is 0 Å². The SMILES string of the molecule is CC(NC1CSCC(C)(C)C1)c1ccccn1. The molecule has 1 N–H and O–H groups in total. The molecule has 0 bridgehead atoms. The monoisotopic (exact) mass is 250 g/mol. The van der Waals surface area contributed by atoms with E-state index in [9.17, 15) is 0 Å². The topological polar surface area (TPSA) is 24.9 Å². The highest BCUT2D eigenvalue weighted by Gasteiger charge is 2.29. The van der Waals surface area contributed by atoms with E-state index in [1.54, 1.807) is 0 Å². The van der Waals surface area contributed by atoms with Gasteiger partial charge in [0.05, 0.1) is 5.69 Å². The van der Waals surface area contributed by atoms with E-state index in [0.717, 1.165) is 5.69 Å². The number of pyridine rings is 1. The summed E-state index contributed by atoms with van der Waals surface area (Å²) in [6, 6.07) is 7.07. The number of nitrogens with one attached hydrogen (secondary N) is 1. The molecule has 0 spiro atoms. The molecule has 1 saturated heterocycles. The van der Waals surface area contributed by atoms with Crippen molar-refractivity contribution in [2.45, 2.75) is 39.3 Å². The predicted molar refractivity (Wildman–Crippen MR) is 75.3 cm³/mol. The van der Waals surface area contributed by atoms with E-state index >= 15 is 0 Å². The minimum absolute atomic E-state index is 0.343. The third-order valence-corrected chi connectivity index (χ3v) is 4.85. The molecule has 0 radical (unpaired) electrons. The molecular weight excluding hydrogens is 228 g/mol. The van der Waals surface area contributed by atoms with Crippen molar-refractivity contribution in [1.82, 2.24) is 10.3 Å². The largest absolute Gasteiger partial charge is 0.305 e. The summed E-state index contributed by atoms with van der Waals surface area (Å²) in [5.74, 6) is 2.50. The van der Waals surface area contributed by atoms with Crippen LogP contribution in [-0.2, 0) is 0 Å². The van der Waals surface area contributed by atoms with Gasteiger partial charge >= 0.3 is 0 Å². The van der Waals surface area contributed by atoms with Crippen LogP contribution in [-0.4, -0.2) is 22.5 Å². The molecule has 2 rings (SSSR count). The summed E-state index contributed by atoms with van der Waals surface area (Å²) in [5, 5.41) is 3.71. The minimum atomic E-state index is 0.343. The standard InChI is InChI=1S/C14H22N2S/c1-11(13-6-4-5-7-15-13)16-12-8-14(2,3)10-17-9-12/h4-7,11-12,16H,8-10H2,1-3H3. The number of nitrogens with zero attached hydrogens (tertiary/aromatic N) is 1. The van der Waals surface area contributed by atoms with Crippen LogP contribution in [0.4, 0.5) is 0 Å². The van der Waals surface area contributed by atoms with Gasteiger partial charge in [-0.3, -0.25) is 4.98 Å². The highest BCUT2D eigenvalue weighted by molar-refractivity contribution is 7.99.